The Morgan fingerprint density at radius 2 is 2.25 bits per heavy atom. The average Bonchev–Trinajstić information content (AvgIpc) is 3.15. The Morgan fingerprint density at radius 1 is 1.46 bits per heavy atom. The lowest BCUT2D eigenvalue weighted by molar-refractivity contribution is 0.0945. The molecule has 1 fully saturated rings. The van der Waals surface area contributed by atoms with Crippen molar-refractivity contribution in [2.75, 3.05) is 13.1 Å². The van der Waals surface area contributed by atoms with Crippen LogP contribution in [0.3, 0.4) is 0 Å². The van der Waals surface area contributed by atoms with Crippen molar-refractivity contribution < 1.29 is 4.79 Å². The third kappa shape index (κ3) is 4.06. The van der Waals surface area contributed by atoms with E-state index in [9.17, 15) is 4.79 Å². The molecule has 1 aliphatic rings. The monoisotopic (exact) mass is 369 g/mol. The van der Waals surface area contributed by atoms with Gasteiger partial charge in [0.15, 0.2) is 5.82 Å². The first-order chi connectivity index (χ1) is 11.0. The summed E-state index contributed by atoms with van der Waals surface area (Å²) in [5.41, 5.74) is 2.09. The molecule has 2 N–H and O–H groups in total. The number of pyridine rings is 1. The van der Waals surface area contributed by atoms with Gasteiger partial charge in [0.05, 0.1) is 10.7 Å². The first kappa shape index (κ1) is 18.7. The summed E-state index contributed by atoms with van der Waals surface area (Å²) in [6, 6.07) is 5.74. The van der Waals surface area contributed by atoms with Crippen LogP contribution < -0.4 is 10.6 Å². The van der Waals surface area contributed by atoms with Crippen molar-refractivity contribution in [3.05, 3.63) is 40.3 Å². The standard InChI is InChI=1S/C16H20ClN5O.ClH/c1-10-8-11(2)22(21-10)14-6-5-13(17)15(20-14)16(23)19-9-12-4-3-7-18-12;/h5-6,8,12,18H,3-4,7,9H2,1-2H3,(H,19,23);1H. The molecular weight excluding hydrogens is 349 g/mol. The predicted octanol–water partition coefficient (Wildman–Crippen LogP) is 2.44. The predicted molar refractivity (Wildman–Crippen MR) is 96.4 cm³/mol. The van der Waals surface area contributed by atoms with Gasteiger partial charge in [0.25, 0.3) is 5.91 Å². The fourth-order valence-corrected chi connectivity index (χ4v) is 2.99. The Morgan fingerprint density at radius 3 is 2.88 bits per heavy atom. The van der Waals surface area contributed by atoms with E-state index >= 15 is 0 Å². The van der Waals surface area contributed by atoms with Gasteiger partial charge in [0.1, 0.15) is 5.69 Å². The number of carbonyl (C=O) groups excluding carboxylic acids is 1. The van der Waals surface area contributed by atoms with Gasteiger partial charge >= 0.3 is 0 Å². The van der Waals surface area contributed by atoms with Crippen LogP contribution in [0, 0.1) is 13.8 Å². The highest BCUT2D eigenvalue weighted by Gasteiger charge is 2.18. The maximum absolute atomic E-state index is 12.4. The second-order valence-corrected chi connectivity index (χ2v) is 6.25. The molecule has 1 atom stereocenters. The van der Waals surface area contributed by atoms with E-state index in [2.05, 4.69) is 20.7 Å². The Labute approximate surface area is 152 Å². The van der Waals surface area contributed by atoms with Crippen LogP contribution in [0.4, 0.5) is 0 Å². The average molecular weight is 370 g/mol. The van der Waals surface area contributed by atoms with E-state index in [1.807, 2.05) is 19.9 Å². The highest BCUT2D eigenvalue weighted by Crippen LogP contribution is 2.18. The van der Waals surface area contributed by atoms with E-state index < -0.39 is 0 Å². The number of aromatic nitrogens is 3. The van der Waals surface area contributed by atoms with Gasteiger partial charge in [0.2, 0.25) is 0 Å². The van der Waals surface area contributed by atoms with Crippen LogP contribution in [-0.4, -0.2) is 39.8 Å². The van der Waals surface area contributed by atoms with Crippen molar-refractivity contribution in [3.8, 4) is 5.82 Å². The number of amides is 1. The lowest BCUT2D eigenvalue weighted by Gasteiger charge is -2.12. The molecule has 0 radical (unpaired) electrons. The molecule has 2 aromatic rings. The minimum atomic E-state index is -0.257. The number of carbonyl (C=O) groups is 1. The number of halogens is 2. The number of nitrogens with zero attached hydrogens (tertiary/aromatic N) is 3. The van der Waals surface area contributed by atoms with Crippen LogP contribution in [-0.2, 0) is 0 Å². The Hall–Kier alpha value is -1.63. The summed E-state index contributed by atoms with van der Waals surface area (Å²) < 4.78 is 1.71. The molecule has 3 rings (SSSR count). The minimum Gasteiger partial charge on any atom is -0.349 e. The molecule has 0 bridgehead atoms. The molecular formula is C16H21Cl2N5O. The van der Waals surface area contributed by atoms with Crippen molar-refractivity contribution in [2.24, 2.45) is 0 Å². The van der Waals surface area contributed by atoms with Crippen molar-refractivity contribution in [3.63, 3.8) is 0 Å². The Kier molecular flexibility index (Phi) is 6.21. The van der Waals surface area contributed by atoms with Crippen molar-refractivity contribution >= 4 is 29.9 Å². The van der Waals surface area contributed by atoms with Gasteiger partial charge in [0, 0.05) is 18.3 Å². The smallest absolute Gasteiger partial charge is 0.271 e. The molecule has 8 heteroatoms. The molecule has 1 amide bonds. The van der Waals surface area contributed by atoms with E-state index in [0.717, 1.165) is 30.8 Å². The van der Waals surface area contributed by atoms with Crippen LogP contribution in [0.15, 0.2) is 18.2 Å². The van der Waals surface area contributed by atoms with E-state index in [1.165, 1.54) is 0 Å². The Balaban J connectivity index is 0.00000208. The highest BCUT2D eigenvalue weighted by molar-refractivity contribution is 6.33. The molecule has 6 nitrogen and oxygen atoms in total. The molecule has 0 saturated carbocycles. The van der Waals surface area contributed by atoms with Gasteiger partial charge in [-0.1, -0.05) is 11.6 Å². The molecule has 3 heterocycles. The number of aryl methyl sites for hydroxylation is 2. The Bertz CT molecular complexity index is 725. The van der Waals surface area contributed by atoms with Crippen molar-refractivity contribution in [2.45, 2.75) is 32.7 Å². The zero-order valence-electron chi connectivity index (χ0n) is 13.7. The third-order valence-corrected chi connectivity index (χ3v) is 4.25. The summed E-state index contributed by atoms with van der Waals surface area (Å²) in [7, 11) is 0. The molecule has 24 heavy (non-hydrogen) atoms. The van der Waals surface area contributed by atoms with Gasteiger partial charge in [-0.2, -0.15) is 5.10 Å². The molecule has 1 saturated heterocycles. The van der Waals surface area contributed by atoms with Crippen molar-refractivity contribution in [1.29, 1.82) is 0 Å². The summed E-state index contributed by atoms with van der Waals surface area (Å²) in [6.07, 6.45) is 2.22. The van der Waals surface area contributed by atoms with Gasteiger partial charge in [-0.05, 0) is 51.4 Å². The van der Waals surface area contributed by atoms with E-state index in [4.69, 9.17) is 11.6 Å². The summed E-state index contributed by atoms with van der Waals surface area (Å²) in [6.45, 7) is 5.46. The lowest BCUT2D eigenvalue weighted by atomic mass is 10.2. The SMILES string of the molecule is Cc1cc(C)n(-c2ccc(Cl)c(C(=O)NCC3CCCN3)n2)n1.Cl. The first-order valence-electron chi connectivity index (χ1n) is 7.76. The van der Waals surface area contributed by atoms with Crippen LogP contribution in [0.5, 0.6) is 0 Å². The van der Waals surface area contributed by atoms with Crippen molar-refractivity contribution in [1.82, 2.24) is 25.4 Å². The van der Waals surface area contributed by atoms with Crippen LogP contribution in [0.1, 0.15) is 34.7 Å². The van der Waals surface area contributed by atoms with Gasteiger partial charge < -0.3 is 10.6 Å². The number of rotatable bonds is 4. The summed E-state index contributed by atoms with van der Waals surface area (Å²) >= 11 is 6.15. The van der Waals surface area contributed by atoms with E-state index in [-0.39, 0.29) is 24.0 Å². The molecule has 0 aromatic carbocycles. The molecule has 0 aliphatic carbocycles. The molecule has 1 aliphatic heterocycles. The minimum absolute atomic E-state index is 0. The zero-order chi connectivity index (χ0) is 16.4. The van der Waals surface area contributed by atoms with Gasteiger partial charge in [-0.15, -0.1) is 12.4 Å². The van der Waals surface area contributed by atoms with Crippen LogP contribution >= 0.6 is 24.0 Å². The molecule has 2 aromatic heterocycles. The molecule has 1 unspecified atom stereocenters. The largest absolute Gasteiger partial charge is 0.349 e. The third-order valence-electron chi connectivity index (χ3n) is 3.94. The van der Waals surface area contributed by atoms with Gasteiger partial charge in [-0.25, -0.2) is 9.67 Å². The maximum atomic E-state index is 12.4. The number of hydrogen-bond donors (Lipinski definition) is 2. The quantitative estimate of drug-likeness (QED) is 0.867. The van der Waals surface area contributed by atoms with Crippen LogP contribution in [0.2, 0.25) is 5.02 Å². The van der Waals surface area contributed by atoms with Crippen LogP contribution in [0.25, 0.3) is 5.82 Å². The topological polar surface area (TPSA) is 71.8 Å². The normalized spacial score (nSPS) is 16.7. The lowest BCUT2D eigenvalue weighted by Crippen LogP contribution is -2.37. The maximum Gasteiger partial charge on any atom is 0.271 e. The fraction of sp³-hybridized carbons (Fsp3) is 0.438. The van der Waals surface area contributed by atoms with E-state index in [0.29, 0.717) is 23.4 Å². The highest BCUT2D eigenvalue weighted by atomic mass is 35.5. The molecule has 0 spiro atoms. The second kappa shape index (κ2) is 7.96. The summed E-state index contributed by atoms with van der Waals surface area (Å²) in [5.74, 6) is 0.330. The number of hydrogen-bond acceptors (Lipinski definition) is 4. The zero-order valence-corrected chi connectivity index (χ0v) is 15.2. The first-order valence-corrected chi connectivity index (χ1v) is 8.14. The number of nitrogens with one attached hydrogen (secondary N) is 2. The van der Waals surface area contributed by atoms with Gasteiger partial charge in [-0.3, -0.25) is 4.79 Å². The summed E-state index contributed by atoms with van der Waals surface area (Å²) in [4.78, 5) is 16.8. The van der Waals surface area contributed by atoms with E-state index in [1.54, 1.807) is 16.8 Å². The summed E-state index contributed by atoms with van der Waals surface area (Å²) in [5, 5.41) is 11.0. The molecule has 130 valence electrons. The second-order valence-electron chi connectivity index (χ2n) is 5.84. The fourth-order valence-electron chi connectivity index (χ4n) is 2.80.